The lowest BCUT2D eigenvalue weighted by molar-refractivity contribution is 0.0785. The zero-order valence-corrected chi connectivity index (χ0v) is 12.2. The van der Waals surface area contributed by atoms with Crippen molar-refractivity contribution in [2.45, 2.75) is 59.0 Å². The van der Waals surface area contributed by atoms with Gasteiger partial charge in [0.25, 0.3) is 0 Å². The minimum absolute atomic E-state index is 0.0927. The highest BCUT2D eigenvalue weighted by atomic mass is 16.5. The third kappa shape index (κ3) is 2.83. The van der Waals surface area contributed by atoms with E-state index in [0.717, 1.165) is 30.6 Å². The summed E-state index contributed by atoms with van der Waals surface area (Å²) in [6.07, 6.45) is 5.42. The molecule has 1 saturated carbocycles. The summed E-state index contributed by atoms with van der Waals surface area (Å²) in [6.45, 7) is 6.12. The highest BCUT2D eigenvalue weighted by Gasteiger charge is 2.40. The number of hydrogen-bond donors (Lipinski definition) is 0. The Morgan fingerprint density at radius 2 is 1.89 bits per heavy atom. The molecule has 2 nitrogen and oxygen atoms in total. The lowest BCUT2D eigenvalue weighted by atomic mass is 9.76. The molecular formula is C17H24O2. The topological polar surface area (TPSA) is 26.3 Å². The normalized spacial score (nSPS) is 17.7. The number of benzene rings is 1. The predicted octanol–water partition coefficient (Wildman–Crippen LogP) is 4.63. The van der Waals surface area contributed by atoms with Gasteiger partial charge in [-0.2, -0.15) is 0 Å². The minimum atomic E-state index is -0.142. The largest absolute Gasteiger partial charge is 0.490 e. The third-order valence-electron chi connectivity index (χ3n) is 4.21. The summed E-state index contributed by atoms with van der Waals surface area (Å²) in [4.78, 5) is 12.9. The molecule has 1 aliphatic carbocycles. The molecule has 1 aromatic rings. The molecule has 0 atom stereocenters. The van der Waals surface area contributed by atoms with E-state index in [-0.39, 0.29) is 17.3 Å². The Morgan fingerprint density at radius 3 is 2.47 bits per heavy atom. The van der Waals surface area contributed by atoms with Crippen LogP contribution in [0.1, 0.15) is 63.2 Å². The number of Topliss-reactive ketones (excluding diaryl/α,β-unsaturated/α-hetero) is 1. The van der Waals surface area contributed by atoms with Crippen LogP contribution in [-0.4, -0.2) is 11.9 Å². The van der Waals surface area contributed by atoms with Crippen molar-refractivity contribution in [3.63, 3.8) is 0 Å². The first kappa shape index (κ1) is 14.1. The third-order valence-corrected chi connectivity index (χ3v) is 4.21. The lowest BCUT2D eigenvalue weighted by Gasteiger charge is -2.27. The first-order valence-corrected chi connectivity index (χ1v) is 7.39. The first-order valence-electron chi connectivity index (χ1n) is 7.39. The Morgan fingerprint density at radius 1 is 1.26 bits per heavy atom. The summed E-state index contributed by atoms with van der Waals surface area (Å²) in [5.41, 5.74) is 0.621. The summed E-state index contributed by atoms with van der Waals surface area (Å²) < 4.78 is 5.79. The molecule has 104 valence electrons. The van der Waals surface area contributed by atoms with Crippen molar-refractivity contribution in [3.05, 3.63) is 29.8 Å². The standard InChI is InChI=1S/C17H24O2/c1-4-17(11-7-8-12-17)16(18)14-9-5-6-10-15(14)19-13(2)3/h5-6,9-10,13H,4,7-8,11-12H2,1-3H3. The highest BCUT2D eigenvalue weighted by molar-refractivity contribution is 6.02. The van der Waals surface area contributed by atoms with Crippen LogP contribution in [-0.2, 0) is 0 Å². The summed E-state index contributed by atoms with van der Waals surface area (Å²) in [5.74, 6) is 1.02. The van der Waals surface area contributed by atoms with E-state index < -0.39 is 0 Å². The van der Waals surface area contributed by atoms with E-state index in [2.05, 4.69) is 6.92 Å². The van der Waals surface area contributed by atoms with Crippen molar-refractivity contribution in [1.29, 1.82) is 0 Å². The van der Waals surface area contributed by atoms with Crippen molar-refractivity contribution in [1.82, 2.24) is 0 Å². The quantitative estimate of drug-likeness (QED) is 0.722. The average Bonchev–Trinajstić information content (AvgIpc) is 2.88. The van der Waals surface area contributed by atoms with Crippen molar-refractivity contribution < 1.29 is 9.53 Å². The van der Waals surface area contributed by atoms with E-state index in [1.165, 1.54) is 12.8 Å². The van der Waals surface area contributed by atoms with Crippen molar-refractivity contribution in [3.8, 4) is 5.75 Å². The van der Waals surface area contributed by atoms with Crippen LogP contribution in [0.2, 0.25) is 0 Å². The van der Waals surface area contributed by atoms with E-state index in [1.807, 2.05) is 38.1 Å². The molecule has 1 aromatic carbocycles. The van der Waals surface area contributed by atoms with E-state index in [4.69, 9.17) is 4.74 Å². The molecule has 0 bridgehead atoms. The zero-order valence-electron chi connectivity index (χ0n) is 12.2. The van der Waals surface area contributed by atoms with Gasteiger partial charge in [-0.25, -0.2) is 0 Å². The number of carbonyl (C=O) groups is 1. The summed E-state index contributed by atoms with van der Waals surface area (Å²) in [5, 5.41) is 0. The van der Waals surface area contributed by atoms with Gasteiger partial charge in [0, 0.05) is 5.41 Å². The van der Waals surface area contributed by atoms with E-state index in [0.29, 0.717) is 0 Å². The van der Waals surface area contributed by atoms with Crippen LogP contribution in [0.15, 0.2) is 24.3 Å². The van der Waals surface area contributed by atoms with Gasteiger partial charge < -0.3 is 4.74 Å². The maximum absolute atomic E-state index is 12.9. The van der Waals surface area contributed by atoms with Crippen LogP contribution >= 0.6 is 0 Å². The molecule has 0 heterocycles. The van der Waals surface area contributed by atoms with Crippen LogP contribution in [0.5, 0.6) is 5.75 Å². The Bertz CT molecular complexity index is 442. The average molecular weight is 260 g/mol. The fraction of sp³-hybridized carbons (Fsp3) is 0.588. The summed E-state index contributed by atoms with van der Waals surface area (Å²) >= 11 is 0. The van der Waals surface area contributed by atoms with Gasteiger partial charge in [-0.3, -0.25) is 4.79 Å². The van der Waals surface area contributed by atoms with E-state index in [1.54, 1.807) is 0 Å². The fourth-order valence-corrected chi connectivity index (χ4v) is 3.09. The molecule has 0 saturated heterocycles. The summed E-state index contributed by atoms with van der Waals surface area (Å²) in [6, 6.07) is 7.68. The molecule has 19 heavy (non-hydrogen) atoms. The number of ether oxygens (including phenoxy) is 1. The molecule has 0 radical (unpaired) electrons. The molecule has 0 N–H and O–H groups in total. The lowest BCUT2D eigenvalue weighted by Crippen LogP contribution is -2.28. The van der Waals surface area contributed by atoms with Crippen molar-refractivity contribution in [2.75, 3.05) is 0 Å². The highest BCUT2D eigenvalue weighted by Crippen LogP contribution is 2.44. The van der Waals surface area contributed by atoms with Crippen LogP contribution in [0, 0.1) is 5.41 Å². The molecule has 1 fully saturated rings. The van der Waals surface area contributed by atoms with Crippen molar-refractivity contribution >= 4 is 5.78 Å². The zero-order chi connectivity index (χ0) is 13.9. The molecule has 0 unspecified atom stereocenters. The van der Waals surface area contributed by atoms with Crippen LogP contribution in [0.4, 0.5) is 0 Å². The van der Waals surface area contributed by atoms with Crippen LogP contribution < -0.4 is 4.74 Å². The van der Waals surface area contributed by atoms with Gasteiger partial charge in [0.1, 0.15) is 5.75 Å². The fourth-order valence-electron chi connectivity index (χ4n) is 3.09. The minimum Gasteiger partial charge on any atom is -0.490 e. The summed E-state index contributed by atoms with van der Waals surface area (Å²) in [7, 11) is 0. The monoisotopic (exact) mass is 260 g/mol. The van der Waals surface area contributed by atoms with Gasteiger partial charge in [-0.1, -0.05) is 31.9 Å². The van der Waals surface area contributed by atoms with Gasteiger partial charge in [0.15, 0.2) is 5.78 Å². The number of ketones is 1. The van der Waals surface area contributed by atoms with Gasteiger partial charge in [-0.05, 0) is 45.2 Å². The van der Waals surface area contributed by atoms with Gasteiger partial charge in [0.2, 0.25) is 0 Å². The van der Waals surface area contributed by atoms with Gasteiger partial charge in [0.05, 0.1) is 11.7 Å². The number of hydrogen-bond acceptors (Lipinski definition) is 2. The number of para-hydroxylation sites is 1. The predicted molar refractivity (Wildman–Crippen MR) is 77.7 cm³/mol. The Kier molecular flexibility index (Phi) is 4.28. The Labute approximate surface area is 116 Å². The van der Waals surface area contributed by atoms with E-state index >= 15 is 0 Å². The Balaban J connectivity index is 2.33. The molecule has 1 aliphatic rings. The second-order valence-corrected chi connectivity index (χ2v) is 5.83. The van der Waals surface area contributed by atoms with Gasteiger partial charge in [-0.15, -0.1) is 0 Å². The molecule has 2 heteroatoms. The van der Waals surface area contributed by atoms with Crippen LogP contribution in [0.25, 0.3) is 0 Å². The molecule has 0 amide bonds. The second kappa shape index (κ2) is 5.77. The molecule has 2 rings (SSSR count). The van der Waals surface area contributed by atoms with Crippen LogP contribution in [0.3, 0.4) is 0 Å². The molecule has 0 spiro atoms. The second-order valence-electron chi connectivity index (χ2n) is 5.83. The SMILES string of the molecule is CCC1(C(=O)c2ccccc2OC(C)C)CCCC1. The maximum atomic E-state index is 12.9. The van der Waals surface area contributed by atoms with Crippen molar-refractivity contribution in [2.24, 2.45) is 5.41 Å². The van der Waals surface area contributed by atoms with Gasteiger partial charge >= 0.3 is 0 Å². The maximum Gasteiger partial charge on any atom is 0.172 e. The smallest absolute Gasteiger partial charge is 0.172 e. The number of rotatable bonds is 5. The number of carbonyl (C=O) groups excluding carboxylic acids is 1. The molecule has 0 aliphatic heterocycles. The molecular weight excluding hydrogens is 236 g/mol. The van der Waals surface area contributed by atoms with E-state index in [9.17, 15) is 4.79 Å². The molecule has 0 aromatic heterocycles. The first-order chi connectivity index (χ1) is 9.09. The Hall–Kier alpha value is -1.31.